The smallest absolute Gasteiger partial charge is 0.127 e. The average molecular weight is 273 g/mol. The summed E-state index contributed by atoms with van der Waals surface area (Å²) in [7, 11) is 0. The van der Waals surface area contributed by atoms with Crippen molar-refractivity contribution in [2.75, 3.05) is 0 Å². The molecule has 4 heteroatoms. The van der Waals surface area contributed by atoms with Crippen LogP contribution in [0.3, 0.4) is 0 Å². The molecule has 20 heavy (non-hydrogen) atoms. The molecule has 1 aliphatic rings. The second-order valence-electron chi connectivity index (χ2n) is 5.88. The predicted molar refractivity (Wildman–Crippen MR) is 78.7 cm³/mol. The van der Waals surface area contributed by atoms with Crippen LogP contribution >= 0.6 is 0 Å². The van der Waals surface area contributed by atoms with Gasteiger partial charge < -0.3 is 14.3 Å². The van der Waals surface area contributed by atoms with Crippen molar-refractivity contribution in [3.05, 3.63) is 41.4 Å². The molecule has 0 bridgehead atoms. The highest BCUT2D eigenvalue weighted by atomic mass is 16.3. The van der Waals surface area contributed by atoms with Gasteiger partial charge in [0.15, 0.2) is 0 Å². The maximum absolute atomic E-state index is 5.67. The summed E-state index contributed by atoms with van der Waals surface area (Å²) >= 11 is 0. The number of imidazole rings is 1. The quantitative estimate of drug-likeness (QED) is 0.911. The maximum atomic E-state index is 5.67. The van der Waals surface area contributed by atoms with Crippen LogP contribution in [0, 0.1) is 0 Å². The first-order valence-electron chi connectivity index (χ1n) is 7.55. The van der Waals surface area contributed by atoms with Gasteiger partial charge in [-0.1, -0.05) is 13.8 Å². The van der Waals surface area contributed by atoms with Gasteiger partial charge in [0.05, 0.1) is 24.8 Å². The number of rotatable bonds is 5. The molecule has 0 amide bonds. The zero-order valence-corrected chi connectivity index (χ0v) is 12.4. The van der Waals surface area contributed by atoms with Gasteiger partial charge in [-0.05, 0) is 31.7 Å². The summed E-state index contributed by atoms with van der Waals surface area (Å²) in [6, 6.07) is 2.55. The van der Waals surface area contributed by atoms with Gasteiger partial charge in [0.1, 0.15) is 5.76 Å². The number of aryl methyl sites for hydroxylation is 1. The first-order chi connectivity index (χ1) is 9.74. The third-order valence-electron chi connectivity index (χ3n) is 3.96. The average Bonchev–Trinajstić information content (AvgIpc) is 3.05. The fourth-order valence-corrected chi connectivity index (χ4v) is 2.80. The SMILES string of the molecule is CC(C)NCc1ccoc1Cn1cnc2c1CCCC2. The van der Waals surface area contributed by atoms with Crippen LogP contribution in [0.2, 0.25) is 0 Å². The molecule has 0 saturated heterocycles. The van der Waals surface area contributed by atoms with Crippen molar-refractivity contribution in [1.29, 1.82) is 0 Å². The van der Waals surface area contributed by atoms with Crippen molar-refractivity contribution >= 4 is 0 Å². The van der Waals surface area contributed by atoms with Crippen LogP contribution < -0.4 is 5.32 Å². The van der Waals surface area contributed by atoms with E-state index in [1.807, 2.05) is 6.33 Å². The van der Waals surface area contributed by atoms with Gasteiger partial charge in [-0.3, -0.25) is 0 Å². The number of hydrogen-bond donors (Lipinski definition) is 1. The molecule has 0 saturated carbocycles. The Morgan fingerprint density at radius 1 is 1.35 bits per heavy atom. The lowest BCUT2D eigenvalue weighted by molar-refractivity contribution is 0.476. The van der Waals surface area contributed by atoms with E-state index in [0.29, 0.717) is 6.04 Å². The molecule has 1 aliphatic carbocycles. The van der Waals surface area contributed by atoms with Gasteiger partial charge in [-0.25, -0.2) is 4.98 Å². The molecule has 0 aliphatic heterocycles. The van der Waals surface area contributed by atoms with E-state index in [1.54, 1.807) is 6.26 Å². The Labute approximate surface area is 120 Å². The number of fused-ring (bicyclic) bond motifs is 1. The minimum atomic E-state index is 0.485. The van der Waals surface area contributed by atoms with Crippen molar-refractivity contribution < 1.29 is 4.42 Å². The zero-order valence-electron chi connectivity index (χ0n) is 12.4. The van der Waals surface area contributed by atoms with Crippen LogP contribution in [0.15, 0.2) is 23.1 Å². The van der Waals surface area contributed by atoms with E-state index in [4.69, 9.17) is 4.42 Å². The van der Waals surface area contributed by atoms with Gasteiger partial charge in [0, 0.05) is 23.8 Å². The minimum Gasteiger partial charge on any atom is -0.467 e. The van der Waals surface area contributed by atoms with E-state index >= 15 is 0 Å². The molecule has 0 fully saturated rings. The molecule has 2 heterocycles. The number of hydrogen-bond acceptors (Lipinski definition) is 3. The Bertz CT molecular complexity index is 568. The van der Waals surface area contributed by atoms with Gasteiger partial charge in [0.2, 0.25) is 0 Å². The van der Waals surface area contributed by atoms with E-state index in [-0.39, 0.29) is 0 Å². The van der Waals surface area contributed by atoms with Crippen LogP contribution in [-0.2, 0) is 25.9 Å². The first kappa shape index (κ1) is 13.4. The molecule has 2 aromatic heterocycles. The van der Waals surface area contributed by atoms with Crippen molar-refractivity contribution in [2.45, 2.75) is 58.7 Å². The normalized spacial score (nSPS) is 14.8. The monoisotopic (exact) mass is 273 g/mol. The molecular formula is C16H23N3O. The molecule has 0 radical (unpaired) electrons. The van der Waals surface area contributed by atoms with Crippen molar-refractivity contribution in [3.63, 3.8) is 0 Å². The largest absolute Gasteiger partial charge is 0.467 e. The molecule has 1 N–H and O–H groups in total. The van der Waals surface area contributed by atoms with Crippen LogP contribution in [0.5, 0.6) is 0 Å². The van der Waals surface area contributed by atoms with Crippen molar-refractivity contribution in [2.24, 2.45) is 0 Å². The maximum Gasteiger partial charge on any atom is 0.127 e. The van der Waals surface area contributed by atoms with Gasteiger partial charge in [-0.2, -0.15) is 0 Å². The number of aromatic nitrogens is 2. The highest BCUT2D eigenvalue weighted by Crippen LogP contribution is 2.22. The summed E-state index contributed by atoms with van der Waals surface area (Å²) in [6.45, 7) is 5.98. The van der Waals surface area contributed by atoms with Gasteiger partial charge in [-0.15, -0.1) is 0 Å². The Hall–Kier alpha value is -1.55. The summed E-state index contributed by atoms with van der Waals surface area (Å²) in [5.74, 6) is 1.05. The van der Waals surface area contributed by atoms with Crippen molar-refractivity contribution in [1.82, 2.24) is 14.9 Å². The Morgan fingerprint density at radius 3 is 3.05 bits per heavy atom. The van der Waals surface area contributed by atoms with E-state index in [1.165, 1.54) is 29.8 Å². The standard InChI is InChI=1S/C16H23N3O/c1-12(2)17-9-13-7-8-20-16(13)10-19-11-18-14-5-3-4-6-15(14)19/h7-8,11-12,17H,3-6,9-10H2,1-2H3. The van der Waals surface area contributed by atoms with E-state index < -0.39 is 0 Å². The Balaban J connectivity index is 1.75. The highest BCUT2D eigenvalue weighted by molar-refractivity contribution is 5.21. The third kappa shape index (κ3) is 2.80. The summed E-state index contributed by atoms with van der Waals surface area (Å²) < 4.78 is 7.93. The van der Waals surface area contributed by atoms with Crippen LogP contribution in [0.25, 0.3) is 0 Å². The van der Waals surface area contributed by atoms with E-state index in [2.05, 4.69) is 34.8 Å². The second kappa shape index (κ2) is 5.83. The van der Waals surface area contributed by atoms with E-state index in [0.717, 1.165) is 31.7 Å². The molecule has 3 rings (SSSR count). The lowest BCUT2D eigenvalue weighted by Gasteiger charge is -2.14. The fraction of sp³-hybridized carbons (Fsp3) is 0.562. The molecule has 0 spiro atoms. The molecular weight excluding hydrogens is 250 g/mol. The highest BCUT2D eigenvalue weighted by Gasteiger charge is 2.17. The summed E-state index contributed by atoms with van der Waals surface area (Å²) in [6.07, 6.45) is 8.58. The first-order valence-corrected chi connectivity index (χ1v) is 7.55. The molecule has 4 nitrogen and oxygen atoms in total. The summed E-state index contributed by atoms with van der Waals surface area (Å²) in [5, 5.41) is 3.45. The molecule has 0 atom stereocenters. The van der Waals surface area contributed by atoms with Crippen LogP contribution in [0.4, 0.5) is 0 Å². The Kier molecular flexibility index (Phi) is 3.92. The lowest BCUT2D eigenvalue weighted by atomic mass is 10.0. The molecule has 0 unspecified atom stereocenters. The molecule has 0 aromatic carbocycles. The molecule has 108 valence electrons. The van der Waals surface area contributed by atoms with Crippen LogP contribution in [0.1, 0.15) is 49.4 Å². The summed E-state index contributed by atoms with van der Waals surface area (Å²) in [4.78, 5) is 4.55. The minimum absolute atomic E-state index is 0.485. The molecule has 2 aromatic rings. The van der Waals surface area contributed by atoms with Crippen molar-refractivity contribution in [3.8, 4) is 0 Å². The van der Waals surface area contributed by atoms with Gasteiger partial charge in [0.25, 0.3) is 0 Å². The van der Waals surface area contributed by atoms with Gasteiger partial charge >= 0.3 is 0 Å². The van der Waals surface area contributed by atoms with E-state index in [9.17, 15) is 0 Å². The predicted octanol–water partition coefficient (Wildman–Crippen LogP) is 2.90. The second-order valence-corrected chi connectivity index (χ2v) is 5.88. The summed E-state index contributed by atoms with van der Waals surface area (Å²) in [5.41, 5.74) is 3.93. The number of furan rings is 1. The lowest BCUT2D eigenvalue weighted by Crippen LogP contribution is -2.22. The number of nitrogens with one attached hydrogen (secondary N) is 1. The van der Waals surface area contributed by atoms with Crippen LogP contribution in [-0.4, -0.2) is 15.6 Å². The zero-order chi connectivity index (χ0) is 13.9. The Morgan fingerprint density at radius 2 is 2.20 bits per heavy atom. The fourth-order valence-electron chi connectivity index (χ4n) is 2.80. The third-order valence-corrected chi connectivity index (χ3v) is 3.96. The number of nitrogens with zero attached hydrogens (tertiary/aromatic N) is 2. The topological polar surface area (TPSA) is 43.0 Å².